The molecule has 0 spiro atoms. The van der Waals surface area contributed by atoms with Crippen molar-refractivity contribution in [3.8, 4) is 0 Å². The first kappa shape index (κ1) is 11.3. The fourth-order valence-electron chi connectivity index (χ4n) is 2.62. The van der Waals surface area contributed by atoms with Crippen molar-refractivity contribution in [1.29, 1.82) is 0 Å². The molecule has 2 aromatic heterocycles. The van der Waals surface area contributed by atoms with Crippen molar-refractivity contribution in [2.75, 3.05) is 18.0 Å². The summed E-state index contributed by atoms with van der Waals surface area (Å²) in [6, 6.07) is 6.31. The van der Waals surface area contributed by atoms with E-state index < -0.39 is 0 Å². The molecule has 4 heteroatoms. The molecule has 0 radical (unpaired) electrons. The Morgan fingerprint density at radius 2 is 2.06 bits per heavy atom. The molecule has 4 nitrogen and oxygen atoms in total. The summed E-state index contributed by atoms with van der Waals surface area (Å²) in [4.78, 5) is 6.87. The van der Waals surface area contributed by atoms with Crippen LogP contribution in [0.4, 0.5) is 5.82 Å². The first-order chi connectivity index (χ1) is 8.83. The second kappa shape index (κ2) is 4.80. The van der Waals surface area contributed by atoms with Gasteiger partial charge in [0, 0.05) is 37.0 Å². The van der Waals surface area contributed by atoms with Crippen molar-refractivity contribution in [3.05, 3.63) is 41.9 Å². The third-order valence-electron chi connectivity index (χ3n) is 3.68. The summed E-state index contributed by atoms with van der Waals surface area (Å²) in [6.45, 7) is 4.27. The van der Waals surface area contributed by atoms with Crippen LogP contribution < -0.4 is 4.90 Å². The standard InChI is InChI=1S/C14H18N4/c1-11-2-6-15-13(10-11)12-4-8-18(9-5-12)14-3-7-16-17-14/h2-3,6-7,10,12H,4-5,8-9H2,1H3,(H,16,17). The highest BCUT2D eigenvalue weighted by Gasteiger charge is 2.22. The molecule has 3 heterocycles. The Bertz CT molecular complexity index is 498. The second-order valence-corrected chi connectivity index (χ2v) is 4.96. The molecule has 94 valence electrons. The van der Waals surface area contributed by atoms with Gasteiger partial charge >= 0.3 is 0 Å². The van der Waals surface area contributed by atoms with Gasteiger partial charge in [-0.25, -0.2) is 0 Å². The van der Waals surface area contributed by atoms with E-state index in [1.54, 1.807) is 0 Å². The van der Waals surface area contributed by atoms with Crippen LogP contribution in [0.3, 0.4) is 0 Å². The zero-order valence-electron chi connectivity index (χ0n) is 10.6. The molecular weight excluding hydrogens is 224 g/mol. The van der Waals surface area contributed by atoms with Crippen LogP contribution in [-0.2, 0) is 0 Å². The Morgan fingerprint density at radius 3 is 2.72 bits per heavy atom. The van der Waals surface area contributed by atoms with Crippen LogP contribution in [0.15, 0.2) is 30.6 Å². The molecule has 1 saturated heterocycles. The number of aromatic amines is 1. The van der Waals surface area contributed by atoms with E-state index in [1.807, 2.05) is 18.5 Å². The van der Waals surface area contributed by atoms with E-state index >= 15 is 0 Å². The number of aromatic nitrogens is 3. The highest BCUT2D eigenvalue weighted by atomic mass is 15.3. The molecule has 1 aliphatic rings. The van der Waals surface area contributed by atoms with Crippen LogP contribution >= 0.6 is 0 Å². The quantitative estimate of drug-likeness (QED) is 0.880. The molecule has 1 fully saturated rings. The number of hydrogen-bond donors (Lipinski definition) is 1. The van der Waals surface area contributed by atoms with Crippen molar-refractivity contribution in [3.63, 3.8) is 0 Å². The SMILES string of the molecule is Cc1ccnc(C2CCN(c3ccn[nH]3)CC2)c1. The molecule has 0 bridgehead atoms. The van der Waals surface area contributed by atoms with Crippen molar-refractivity contribution in [1.82, 2.24) is 15.2 Å². The molecule has 0 aromatic carbocycles. The van der Waals surface area contributed by atoms with Crippen molar-refractivity contribution < 1.29 is 0 Å². The Kier molecular flexibility index (Phi) is 3.00. The van der Waals surface area contributed by atoms with Gasteiger partial charge in [-0.3, -0.25) is 10.1 Å². The summed E-state index contributed by atoms with van der Waals surface area (Å²) < 4.78 is 0. The lowest BCUT2D eigenvalue weighted by atomic mass is 9.92. The number of piperidine rings is 1. The Morgan fingerprint density at radius 1 is 1.22 bits per heavy atom. The molecule has 1 aliphatic heterocycles. The Labute approximate surface area is 107 Å². The maximum atomic E-state index is 4.51. The van der Waals surface area contributed by atoms with Gasteiger partial charge in [0.05, 0.1) is 6.20 Å². The summed E-state index contributed by atoms with van der Waals surface area (Å²) in [7, 11) is 0. The average molecular weight is 242 g/mol. The van der Waals surface area contributed by atoms with E-state index in [9.17, 15) is 0 Å². The van der Waals surface area contributed by atoms with E-state index in [1.165, 1.54) is 11.3 Å². The molecule has 0 amide bonds. The molecule has 2 aromatic rings. The topological polar surface area (TPSA) is 44.8 Å². The van der Waals surface area contributed by atoms with Gasteiger partial charge in [0.2, 0.25) is 0 Å². The number of rotatable bonds is 2. The zero-order chi connectivity index (χ0) is 12.4. The zero-order valence-corrected chi connectivity index (χ0v) is 10.6. The molecule has 18 heavy (non-hydrogen) atoms. The van der Waals surface area contributed by atoms with Gasteiger partial charge in [0.25, 0.3) is 0 Å². The third-order valence-corrected chi connectivity index (χ3v) is 3.68. The maximum Gasteiger partial charge on any atom is 0.123 e. The number of anilines is 1. The minimum Gasteiger partial charge on any atom is -0.357 e. The summed E-state index contributed by atoms with van der Waals surface area (Å²) in [6.07, 6.45) is 6.06. The lowest BCUT2D eigenvalue weighted by molar-refractivity contribution is 0.493. The molecular formula is C14H18N4. The molecule has 0 atom stereocenters. The summed E-state index contributed by atoms with van der Waals surface area (Å²) >= 11 is 0. The number of pyridine rings is 1. The van der Waals surface area contributed by atoms with Crippen molar-refractivity contribution in [2.45, 2.75) is 25.7 Å². The van der Waals surface area contributed by atoms with Crippen molar-refractivity contribution >= 4 is 5.82 Å². The Balaban J connectivity index is 1.67. The number of hydrogen-bond acceptors (Lipinski definition) is 3. The van der Waals surface area contributed by atoms with Gasteiger partial charge in [-0.05, 0) is 37.5 Å². The van der Waals surface area contributed by atoms with Crippen LogP contribution in [0.25, 0.3) is 0 Å². The fourth-order valence-corrected chi connectivity index (χ4v) is 2.62. The lowest BCUT2D eigenvalue weighted by Gasteiger charge is -2.32. The monoisotopic (exact) mass is 242 g/mol. The summed E-state index contributed by atoms with van der Waals surface area (Å²) in [5.74, 6) is 1.73. The van der Waals surface area contributed by atoms with Gasteiger partial charge in [0.1, 0.15) is 5.82 Å². The van der Waals surface area contributed by atoms with Crippen LogP contribution in [-0.4, -0.2) is 28.3 Å². The van der Waals surface area contributed by atoms with Gasteiger partial charge < -0.3 is 4.90 Å². The van der Waals surface area contributed by atoms with E-state index in [4.69, 9.17) is 0 Å². The number of aryl methyl sites for hydroxylation is 1. The predicted molar refractivity (Wildman–Crippen MR) is 71.7 cm³/mol. The molecule has 1 N–H and O–H groups in total. The minimum atomic E-state index is 0.601. The van der Waals surface area contributed by atoms with Crippen LogP contribution in [0.2, 0.25) is 0 Å². The van der Waals surface area contributed by atoms with E-state index in [-0.39, 0.29) is 0 Å². The molecule has 0 saturated carbocycles. The number of nitrogens with zero attached hydrogens (tertiary/aromatic N) is 3. The fraction of sp³-hybridized carbons (Fsp3) is 0.429. The van der Waals surface area contributed by atoms with Crippen LogP contribution in [0.5, 0.6) is 0 Å². The maximum absolute atomic E-state index is 4.51. The largest absolute Gasteiger partial charge is 0.357 e. The molecule has 0 unspecified atom stereocenters. The predicted octanol–water partition coefficient (Wildman–Crippen LogP) is 2.50. The Hall–Kier alpha value is -1.84. The normalized spacial score (nSPS) is 17.1. The first-order valence-corrected chi connectivity index (χ1v) is 6.50. The van der Waals surface area contributed by atoms with E-state index in [2.05, 4.69) is 39.1 Å². The van der Waals surface area contributed by atoms with Crippen molar-refractivity contribution in [2.24, 2.45) is 0 Å². The average Bonchev–Trinajstić information content (AvgIpc) is 2.93. The first-order valence-electron chi connectivity index (χ1n) is 6.50. The van der Waals surface area contributed by atoms with Gasteiger partial charge in [-0.2, -0.15) is 5.10 Å². The highest BCUT2D eigenvalue weighted by Crippen LogP contribution is 2.28. The molecule has 0 aliphatic carbocycles. The minimum absolute atomic E-state index is 0.601. The van der Waals surface area contributed by atoms with Crippen LogP contribution in [0, 0.1) is 6.92 Å². The van der Waals surface area contributed by atoms with E-state index in [0.29, 0.717) is 5.92 Å². The van der Waals surface area contributed by atoms with Gasteiger partial charge in [-0.1, -0.05) is 0 Å². The highest BCUT2D eigenvalue weighted by molar-refractivity contribution is 5.37. The third kappa shape index (κ3) is 2.23. The lowest BCUT2D eigenvalue weighted by Crippen LogP contribution is -2.33. The smallest absolute Gasteiger partial charge is 0.123 e. The summed E-state index contributed by atoms with van der Waals surface area (Å²) in [5.41, 5.74) is 2.55. The number of nitrogens with one attached hydrogen (secondary N) is 1. The summed E-state index contributed by atoms with van der Waals surface area (Å²) in [5, 5.41) is 7.04. The second-order valence-electron chi connectivity index (χ2n) is 4.96. The molecule has 3 rings (SSSR count). The van der Waals surface area contributed by atoms with Crippen LogP contribution in [0.1, 0.15) is 30.0 Å². The van der Waals surface area contributed by atoms with Gasteiger partial charge in [0.15, 0.2) is 0 Å². The van der Waals surface area contributed by atoms with E-state index in [0.717, 1.165) is 31.7 Å². The van der Waals surface area contributed by atoms with Gasteiger partial charge in [-0.15, -0.1) is 0 Å². The number of H-pyrrole nitrogens is 1.